The Bertz CT molecular complexity index is 768. The quantitative estimate of drug-likeness (QED) is 0.698. The molecule has 0 aliphatic heterocycles. The number of aliphatic hydroxyl groups excluding tert-OH is 1. The number of hydrogen-bond donors (Lipinski definition) is 3. The van der Waals surface area contributed by atoms with Crippen molar-refractivity contribution in [2.45, 2.75) is 53.7 Å². The number of aliphatic hydroxyl groups is 1. The standard InChI is InChI=1S/C21H28N2O3/c1-5-18-17(12-24)20(15-8-6-14(4)7-9-15)16(11-22-21(25)26)19(23-18)10-13(2)3/h6-9,13,22,24H,5,10-12H2,1-4H3,(H,25,26). The molecule has 2 rings (SSSR count). The van der Waals surface area contributed by atoms with Crippen molar-refractivity contribution >= 4 is 6.09 Å². The molecular weight excluding hydrogens is 328 g/mol. The van der Waals surface area contributed by atoms with E-state index in [-0.39, 0.29) is 13.2 Å². The molecular formula is C21H28N2O3. The number of aryl methyl sites for hydroxylation is 2. The Hall–Kier alpha value is -2.40. The molecule has 1 heterocycles. The molecule has 0 saturated carbocycles. The highest BCUT2D eigenvalue weighted by molar-refractivity contribution is 5.74. The minimum atomic E-state index is -1.07. The first-order valence-electron chi connectivity index (χ1n) is 9.05. The summed E-state index contributed by atoms with van der Waals surface area (Å²) in [5, 5.41) is 21.6. The Labute approximate surface area is 155 Å². The monoisotopic (exact) mass is 356 g/mol. The summed E-state index contributed by atoms with van der Waals surface area (Å²) in [7, 11) is 0. The molecule has 0 atom stereocenters. The normalized spacial score (nSPS) is 11.0. The second-order valence-corrected chi connectivity index (χ2v) is 6.97. The zero-order valence-electron chi connectivity index (χ0n) is 16.0. The predicted octanol–water partition coefficient (Wildman–Crippen LogP) is 4.08. The number of aromatic nitrogens is 1. The van der Waals surface area contributed by atoms with Gasteiger partial charge in [0.25, 0.3) is 0 Å². The lowest BCUT2D eigenvalue weighted by Crippen LogP contribution is -2.23. The van der Waals surface area contributed by atoms with Crippen molar-refractivity contribution in [3.8, 4) is 11.1 Å². The van der Waals surface area contributed by atoms with E-state index < -0.39 is 6.09 Å². The number of carbonyl (C=O) groups is 1. The van der Waals surface area contributed by atoms with Gasteiger partial charge in [-0.3, -0.25) is 4.98 Å². The van der Waals surface area contributed by atoms with E-state index in [0.29, 0.717) is 12.3 Å². The van der Waals surface area contributed by atoms with E-state index in [4.69, 9.17) is 10.1 Å². The number of amides is 1. The minimum absolute atomic E-state index is 0.124. The molecule has 1 aromatic carbocycles. The largest absolute Gasteiger partial charge is 0.465 e. The van der Waals surface area contributed by atoms with Gasteiger partial charge in [0.2, 0.25) is 0 Å². The lowest BCUT2D eigenvalue weighted by atomic mass is 9.89. The highest BCUT2D eigenvalue weighted by Gasteiger charge is 2.20. The van der Waals surface area contributed by atoms with Crippen LogP contribution in [-0.4, -0.2) is 21.3 Å². The SMILES string of the molecule is CCc1nc(CC(C)C)c(CNC(=O)O)c(-c2ccc(C)cc2)c1CO. The molecule has 0 spiro atoms. The fourth-order valence-corrected chi connectivity index (χ4v) is 3.21. The maximum atomic E-state index is 11.1. The summed E-state index contributed by atoms with van der Waals surface area (Å²) in [6, 6.07) is 8.09. The van der Waals surface area contributed by atoms with Crippen LogP contribution in [-0.2, 0) is 26.0 Å². The molecule has 0 saturated heterocycles. The van der Waals surface area contributed by atoms with Crippen molar-refractivity contribution in [3.63, 3.8) is 0 Å². The van der Waals surface area contributed by atoms with Crippen LogP contribution in [0.1, 0.15) is 48.8 Å². The fourth-order valence-electron chi connectivity index (χ4n) is 3.21. The molecule has 2 aromatic rings. The van der Waals surface area contributed by atoms with Gasteiger partial charge in [-0.2, -0.15) is 0 Å². The highest BCUT2D eigenvalue weighted by Crippen LogP contribution is 2.33. The van der Waals surface area contributed by atoms with E-state index in [1.807, 2.05) is 38.1 Å². The molecule has 5 heteroatoms. The van der Waals surface area contributed by atoms with Crippen LogP contribution < -0.4 is 5.32 Å². The second kappa shape index (κ2) is 8.81. The van der Waals surface area contributed by atoms with Gasteiger partial charge in [0.05, 0.1) is 6.61 Å². The molecule has 3 N–H and O–H groups in total. The number of hydrogen-bond acceptors (Lipinski definition) is 3. The Morgan fingerprint density at radius 1 is 1.15 bits per heavy atom. The topological polar surface area (TPSA) is 82.5 Å². The summed E-state index contributed by atoms with van der Waals surface area (Å²) in [4.78, 5) is 15.9. The van der Waals surface area contributed by atoms with Crippen LogP contribution in [0, 0.1) is 12.8 Å². The minimum Gasteiger partial charge on any atom is -0.465 e. The summed E-state index contributed by atoms with van der Waals surface area (Å²) in [6.45, 7) is 8.33. The van der Waals surface area contributed by atoms with Crippen molar-refractivity contribution in [2.24, 2.45) is 5.92 Å². The predicted molar refractivity (Wildman–Crippen MR) is 103 cm³/mol. The van der Waals surface area contributed by atoms with Crippen LogP contribution in [0.4, 0.5) is 4.79 Å². The molecule has 0 aliphatic rings. The summed E-state index contributed by atoms with van der Waals surface area (Å²) in [5.74, 6) is 0.390. The number of nitrogens with zero attached hydrogens (tertiary/aromatic N) is 1. The van der Waals surface area contributed by atoms with Crippen molar-refractivity contribution in [2.75, 3.05) is 0 Å². The number of benzene rings is 1. The molecule has 0 bridgehead atoms. The van der Waals surface area contributed by atoms with Crippen LogP contribution in [0.2, 0.25) is 0 Å². The summed E-state index contributed by atoms with van der Waals surface area (Å²) in [6.07, 6.45) is 0.404. The lowest BCUT2D eigenvalue weighted by Gasteiger charge is -2.22. The van der Waals surface area contributed by atoms with Crippen LogP contribution >= 0.6 is 0 Å². The first kappa shape index (κ1) is 19.9. The van der Waals surface area contributed by atoms with Crippen molar-refractivity contribution in [3.05, 3.63) is 52.3 Å². The first-order valence-corrected chi connectivity index (χ1v) is 9.05. The maximum Gasteiger partial charge on any atom is 0.404 e. The smallest absolute Gasteiger partial charge is 0.404 e. The molecule has 0 radical (unpaired) electrons. The summed E-state index contributed by atoms with van der Waals surface area (Å²) in [5.41, 5.74) is 6.44. The van der Waals surface area contributed by atoms with Crippen LogP contribution in [0.25, 0.3) is 11.1 Å². The van der Waals surface area contributed by atoms with E-state index in [1.165, 1.54) is 0 Å². The third-order valence-corrected chi connectivity index (χ3v) is 4.42. The third-order valence-electron chi connectivity index (χ3n) is 4.42. The zero-order valence-corrected chi connectivity index (χ0v) is 16.0. The first-order chi connectivity index (χ1) is 12.4. The molecule has 0 aliphatic carbocycles. The number of pyridine rings is 1. The molecule has 1 amide bonds. The average molecular weight is 356 g/mol. The van der Waals surface area contributed by atoms with E-state index in [0.717, 1.165) is 45.6 Å². The summed E-state index contributed by atoms with van der Waals surface area (Å²) >= 11 is 0. The average Bonchev–Trinajstić information content (AvgIpc) is 2.59. The van der Waals surface area contributed by atoms with Crippen molar-refractivity contribution in [1.82, 2.24) is 10.3 Å². The Morgan fingerprint density at radius 3 is 2.31 bits per heavy atom. The van der Waals surface area contributed by atoms with Crippen molar-refractivity contribution < 1.29 is 15.0 Å². The van der Waals surface area contributed by atoms with E-state index in [9.17, 15) is 9.90 Å². The van der Waals surface area contributed by atoms with E-state index in [2.05, 4.69) is 19.2 Å². The summed E-state index contributed by atoms with van der Waals surface area (Å²) < 4.78 is 0. The van der Waals surface area contributed by atoms with Gasteiger partial charge >= 0.3 is 6.09 Å². The van der Waals surface area contributed by atoms with Gasteiger partial charge in [-0.15, -0.1) is 0 Å². The van der Waals surface area contributed by atoms with Crippen LogP contribution in [0.15, 0.2) is 24.3 Å². The van der Waals surface area contributed by atoms with Crippen molar-refractivity contribution in [1.29, 1.82) is 0 Å². The molecule has 140 valence electrons. The van der Waals surface area contributed by atoms with Gasteiger partial charge in [0, 0.05) is 29.1 Å². The zero-order chi connectivity index (χ0) is 19.3. The molecule has 26 heavy (non-hydrogen) atoms. The van der Waals surface area contributed by atoms with E-state index in [1.54, 1.807) is 0 Å². The Morgan fingerprint density at radius 2 is 1.81 bits per heavy atom. The van der Waals surface area contributed by atoms with Gasteiger partial charge in [-0.05, 0) is 36.8 Å². The third kappa shape index (κ3) is 4.61. The highest BCUT2D eigenvalue weighted by atomic mass is 16.4. The van der Waals surface area contributed by atoms with Gasteiger partial charge in [0.15, 0.2) is 0 Å². The number of nitrogens with one attached hydrogen (secondary N) is 1. The molecule has 0 unspecified atom stereocenters. The van der Waals surface area contributed by atoms with E-state index >= 15 is 0 Å². The van der Waals surface area contributed by atoms with Gasteiger partial charge in [-0.25, -0.2) is 4.79 Å². The molecule has 5 nitrogen and oxygen atoms in total. The number of carboxylic acid groups (broad SMARTS) is 1. The van der Waals surface area contributed by atoms with Gasteiger partial charge in [-0.1, -0.05) is 50.6 Å². The van der Waals surface area contributed by atoms with Crippen LogP contribution in [0.3, 0.4) is 0 Å². The fraction of sp³-hybridized carbons (Fsp3) is 0.429. The second-order valence-electron chi connectivity index (χ2n) is 6.97. The Kier molecular flexibility index (Phi) is 6.75. The van der Waals surface area contributed by atoms with Gasteiger partial charge < -0.3 is 15.5 Å². The number of rotatable bonds is 7. The van der Waals surface area contributed by atoms with Crippen LogP contribution in [0.5, 0.6) is 0 Å². The molecule has 1 aromatic heterocycles. The maximum absolute atomic E-state index is 11.1. The molecule has 0 fully saturated rings. The lowest BCUT2D eigenvalue weighted by molar-refractivity contribution is 0.194. The van der Waals surface area contributed by atoms with Gasteiger partial charge in [0.1, 0.15) is 0 Å². The Balaban J connectivity index is 2.75.